The molecule has 0 aliphatic heterocycles. The molecule has 0 unspecified atom stereocenters. The van der Waals surface area contributed by atoms with Gasteiger partial charge in [-0.2, -0.15) is 10.2 Å². The van der Waals surface area contributed by atoms with Crippen LogP contribution in [-0.4, -0.2) is 25.5 Å². The Kier molecular flexibility index (Phi) is 5.58. The number of carbonyl (C=O) groups excluding carboxylic acids is 1. The molecule has 0 spiro atoms. The minimum Gasteiger partial charge on any atom is -0.319 e. The molecule has 2 heterocycles. The van der Waals surface area contributed by atoms with Gasteiger partial charge in [0.05, 0.1) is 35.4 Å². The van der Waals surface area contributed by atoms with Crippen molar-refractivity contribution in [2.75, 3.05) is 5.32 Å². The van der Waals surface area contributed by atoms with Gasteiger partial charge >= 0.3 is 0 Å². The van der Waals surface area contributed by atoms with E-state index in [9.17, 15) is 4.79 Å². The molecule has 0 saturated heterocycles. The first-order valence-corrected chi connectivity index (χ1v) is 9.39. The van der Waals surface area contributed by atoms with Crippen LogP contribution >= 0.6 is 23.2 Å². The fourth-order valence-electron chi connectivity index (χ4n) is 3.03. The summed E-state index contributed by atoms with van der Waals surface area (Å²) < 4.78 is 3.58. The fourth-order valence-corrected chi connectivity index (χ4v) is 3.55. The summed E-state index contributed by atoms with van der Waals surface area (Å²) >= 11 is 12.5. The van der Waals surface area contributed by atoms with Gasteiger partial charge in [0, 0.05) is 27.8 Å². The number of nitrogens with one attached hydrogen (secondary N) is 1. The second kappa shape index (κ2) is 7.74. The zero-order valence-corrected chi connectivity index (χ0v) is 17.2. The molecule has 3 rings (SSSR count). The predicted molar refractivity (Wildman–Crippen MR) is 108 cm³/mol. The quantitative estimate of drug-likeness (QED) is 0.672. The Morgan fingerprint density at radius 2 is 1.78 bits per heavy atom. The highest BCUT2D eigenvalue weighted by Crippen LogP contribution is 2.27. The molecule has 0 bridgehead atoms. The molecule has 0 fully saturated rings. The number of nitrogens with zero attached hydrogens (tertiary/aromatic N) is 4. The van der Waals surface area contributed by atoms with Gasteiger partial charge in [0.25, 0.3) is 5.91 Å². The average molecular weight is 406 g/mol. The first kappa shape index (κ1) is 19.5. The summed E-state index contributed by atoms with van der Waals surface area (Å²) in [5, 5.41) is 12.9. The third-order valence-electron chi connectivity index (χ3n) is 4.64. The molecule has 6 nitrogen and oxygen atoms in total. The van der Waals surface area contributed by atoms with Crippen LogP contribution in [-0.2, 0) is 13.1 Å². The maximum atomic E-state index is 12.7. The maximum absolute atomic E-state index is 12.7. The first-order valence-electron chi connectivity index (χ1n) is 8.64. The minimum absolute atomic E-state index is 0.200. The van der Waals surface area contributed by atoms with Gasteiger partial charge in [-0.05, 0) is 39.8 Å². The van der Waals surface area contributed by atoms with Crippen molar-refractivity contribution < 1.29 is 4.79 Å². The van der Waals surface area contributed by atoms with Crippen molar-refractivity contribution in [2.45, 2.75) is 40.8 Å². The Morgan fingerprint density at radius 3 is 2.37 bits per heavy atom. The number of hydrogen-bond donors (Lipinski definition) is 1. The van der Waals surface area contributed by atoms with Gasteiger partial charge in [-0.15, -0.1) is 0 Å². The number of benzene rings is 1. The molecule has 1 amide bonds. The van der Waals surface area contributed by atoms with E-state index in [-0.39, 0.29) is 5.91 Å². The van der Waals surface area contributed by atoms with Crippen LogP contribution in [0.2, 0.25) is 10.0 Å². The number of rotatable bonds is 5. The summed E-state index contributed by atoms with van der Waals surface area (Å²) in [4.78, 5) is 12.7. The van der Waals surface area contributed by atoms with Crippen molar-refractivity contribution in [1.82, 2.24) is 19.6 Å². The molecule has 3 aromatic rings. The minimum atomic E-state index is -0.200. The molecular weight excluding hydrogens is 385 g/mol. The Morgan fingerprint density at radius 1 is 1.11 bits per heavy atom. The van der Waals surface area contributed by atoms with Gasteiger partial charge in [0.2, 0.25) is 0 Å². The maximum Gasteiger partial charge on any atom is 0.259 e. The van der Waals surface area contributed by atoms with Crippen LogP contribution in [0.25, 0.3) is 0 Å². The Labute approximate surface area is 168 Å². The predicted octanol–water partition coefficient (Wildman–Crippen LogP) is 4.63. The molecule has 0 saturated carbocycles. The topological polar surface area (TPSA) is 64.7 Å². The Hall–Kier alpha value is -2.31. The average Bonchev–Trinajstić information content (AvgIpc) is 3.12. The first-order chi connectivity index (χ1) is 12.8. The van der Waals surface area contributed by atoms with Gasteiger partial charge in [0.15, 0.2) is 0 Å². The van der Waals surface area contributed by atoms with Gasteiger partial charge in [-0.3, -0.25) is 14.2 Å². The summed E-state index contributed by atoms with van der Waals surface area (Å²) in [6, 6.07) is 5.40. The van der Waals surface area contributed by atoms with E-state index >= 15 is 0 Å². The number of halogens is 2. The lowest BCUT2D eigenvalue weighted by Crippen LogP contribution is -2.14. The second-order valence-electron chi connectivity index (χ2n) is 6.32. The monoisotopic (exact) mass is 405 g/mol. The van der Waals surface area contributed by atoms with E-state index in [0.717, 1.165) is 22.6 Å². The molecule has 1 aromatic carbocycles. The number of hydrogen-bond acceptors (Lipinski definition) is 3. The van der Waals surface area contributed by atoms with Crippen LogP contribution in [0.4, 0.5) is 5.69 Å². The Balaban J connectivity index is 1.87. The normalized spacial score (nSPS) is 11.0. The number of aryl methyl sites for hydroxylation is 2. The van der Waals surface area contributed by atoms with E-state index in [4.69, 9.17) is 23.2 Å². The molecule has 0 radical (unpaired) electrons. The summed E-state index contributed by atoms with van der Waals surface area (Å²) in [6.45, 7) is 8.77. The molecule has 2 aromatic heterocycles. The highest BCUT2D eigenvalue weighted by molar-refractivity contribution is 6.35. The van der Waals surface area contributed by atoms with Gasteiger partial charge < -0.3 is 5.32 Å². The lowest BCUT2D eigenvalue weighted by atomic mass is 10.2. The fraction of sp³-hybridized carbons (Fsp3) is 0.316. The van der Waals surface area contributed by atoms with Crippen molar-refractivity contribution >= 4 is 34.8 Å². The second-order valence-corrected chi connectivity index (χ2v) is 7.13. The lowest BCUT2D eigenvalue weighted by Gasteiger charge is -2.10. The van der Waals surface area contributed by atoms with Crippen LogP contribution in [0.3, 0.4) is 0 Å². The van der Waals surface area contributed by atoms with E-state index in [0.29, 0.717) is 34.4 Å². The van der Waals surface area contributed by atoms with Crippen molar-refractivity contribution in [3.05, 3.63) is 62.6 Å². The summed E-state index contributed by atoms with van der Waals surface area (Å²) in [7, 11) is 0. The number of aromatic nitrogens is 4. The highest BCUT2D eigenvalue weighted by Gasteiger charge is 2.19. The third kappa shape index (κ3) is 3.73. The van der Waals surface area contributed by atoms with E-state index < -0.39 is 0 Å². The smallest absolute Gasteiger partial charge is 0.259 e. The summed E-state index contributed by atoms with van der Waals surface area (Å²) in [6.07, 6.45) is 1.59. The van der Waals surface area contributed by atoms with Crippen molar-refractivity contribution in [3.63, 3.8) is 0 Å². The SMILES string of the molecule is CCn1ncc(C(=O)Nc2c(C)nn(Cc3c(Cl)cccc3Cl)c2C)c1C. The van der Waals surface area contributed by atoms with Crippen LogP contribution in [0.1, 0.15) is 39.9 Å². The Bertz CT molecular complexity index is 986. The van der Waals surface area contributed by atoms with E-state index in [1.165, 1.54) is 0 Å². The van der Waals surface area contributed by atoms with Gasteiger partial charge in [-0.25, -0.2) is 0 Å². The molecule has 0 aliphatic carbocycles. The van der Waals surface area contributed by atoms with E-state index in [2.05, 4.69) is 15.5 Å². The zero-order chi connectivity index (χ0) is 19.7. The largest absolute Gasteiger partial charge is 0.319 e. The van der Waals surface area contributed by atoms with Gasteiger partial charge in [-0.1, -0.05) is 29.3 Å². The standard InChI is InChI=1S/C19H21Cl2N5O/c1-5-25-12(3)14(9-22-25)19(27)23-18-11(2)24-26(13(18)4)10-15-16(20)7-6-8-17(15)21/h6-9H,5,10H2,1-4H3,(H,23,27). The van der Waals surface area contributed by atoms with Crippen molar-refractivity contribution in [3.8, 4) is 0 Å². The van der Waals surface area contributed by atoms with E-state index in [1.807, 2.05) is 27.7 Å². The van der Waals surface area contributed by atoms with Crippen molar-refractivity contribution in [1.29, 1.82) is 0 Å². The summed E-state index contributed by atoms with van der Waals surface area (Å²) in [5.74, 6) is -0.200. The van der Waals surface area contributed by atoms with Gasteiger partial charge in [0.1, 0.15) is 0 Å². The lowest BCUT2D eigenvalue weighted by molar-refractivity contribution is 0.102. The molecule has 142 valence electrons. The van der Waals surface area contributed by atoms with Crippen LogP contribution in [0, 0.1) is 20.8 Å². The molecular formula is C19H21Cl2N5O. The molecule has 0 aliphatic rings. The summed E-state index contributed by atoms with van der Waals surface area (Å²) in [5.41, 5.74) is 4.43. The number of anilines is 1. The molecule has 27 heavy (non-hydrogen) atoms. The van der Waals surface area contributed by atoms with Crippen LogP contribution in [0.5, 0.6) is 0 Å². The molecule has 0 atom stereocenters. The molecule has 1 N–H and O–H groups in total. The molecule has 8 heteroatoms. The van der Waals surface area contributed by atoms with Crippen molar-refractivity contribution in [2.24, 2.45) is 0 Å². The van der Waals surface area contributed by atoms with Crippen LogP contribution in [0.15, 0.2) is 24.4 Å². The van der Waals surface area contributed by atoms with E-state index in [1.54, 1.807) is 33.8 Å². The number of carbonyl (C=O) groups is 1. The zero-order valence-electron chi connectivity index (χ0n) is 15.7. The van der Waals surface area contributed by atoms with Crippen LogP contribution < -0.4 is 5.32 Å². The highest BCUT2D eigenvalue weighted by atomic mass is 35.5. The number of amides is 1. The third-order valence-corrected chi connectivity index (χ3v) is 5.35.